The Labute approximate surface area is 250 Å². The van der Waals surface area contributed by atoms with Gasteiger partial charge in [-0.3, -0.25) is 24.6 Å². The number of anilines is 1. The van der Waals surface area contributed by atoms with Crippen molar-refractivity contribution in [1.29, 1.82) is 0 Å². The Morgan fingerprint density at radius 3 is 2.44 bits per heavy atom. The minimum absolute atomic E-state index is 0.176. The highest BCUT2D eigenvalue weighted by atomic mass is 19.1. The molecule has 3 aromatic carbocycles. The third-order valence-corrected chi connectivity index (χ3v) is 8.26. The van der Waals surface area contributed by atoms with Gasteiger partial charge in [0.15, 0.2) is 11.5 Å². The molecule has 3 aromatic rings. The number of carbonyl (C=O) groups is 3. The summed E-state index contributed by atoms with van der Waals surface area (Å²) in [5, 5.41) is 2.32. The van der Waals surface area contributed by atoms with Gasteiger partial charge in [0.1, 0.15) is 18.5 Å². The lowest BCUT2D eigenvalue weighted by atomic mass is 10.0. The van der Waals surface area contributed by atoms with Crippen molar-refractivity contribution < 1.29 is 28.2 Å². The fourth-order valence-electron chi connectivity index (χ4n) is 6.07. The first kappa shape index (κ1) is 28.7. The maximum atomic E-state index is 14.7. The number of piperidine rings is 1. The average Bonchev–Trinajstić information content (AvgIpc) is 3.33. The van der Waals surface area contributed by atoms with Crippen LogP contribution in [0.15, 0.2) is 60.7 Å². The summed E-state index contributed by atoms with van der Waals surface area (Å²) in [4.78, 5) is 43.2. The molecule has 0 aromatic heterocycles. The van der Waals surface area contributed by atoms with E-state index < -0.39 is 17.8 Å². The van der Waals surface area contributed by atoms with Crippen LogP contribution in [0.3, 0.4) is 0 Å². The Balaban J connectivity index is 1.10. The van der Waals surface area contributed by atoms with Crippen LogP contribution >= 0.6 is 0 Å². The van der Waals surface area contributed by atoms with E-state index in [1.165, 1.54) is 17.0 Å². The second-order valence-corrected chi connectivity index (χ2v) is 11.1. The van der Waals surface area contributed by atoms with E-state index in [1.54, 1.807) is 0 Å². The summed E-state index contributed by atoms with van der Waals surface area (Å²) in [5.74, 6) is -0.235. The number of fused-ring (bicyclic) bond motifs is 1. The Morgan fingerprint density at radius 2 is 1.70 bits per heavy atom. The van der Waals surface area contributed by atoms with E-state index in [0.717, 1.165) is 42.1 Å². The molecule has 1 unspecified atom stereocenters. The fraction of sp³-hybridized carbons (Fsp3) is 0.364. The highest BCUT2D eigenvalue weighted by molar-refractivity contribution is 6.06. The van der Waals surface area contributed by atoms with Gasteiger partial charge in [-0.1, -0.05) is 36.4 Å². The number of imide groups is 1. The van der Waals surface area contributed by atoms with Crippen LogP contribution in [0.4, 0.5) is 10.1 Å². The van der Waals surface area contributed by atoms with Crippen LogP contribution in [0.1, 0.15) is 46.8 Å². The van der Waals surface area contributed by atoms with E-state index in [9.17, 15) is 18.8 Å². The van der Waals surface area contributed by atoms with Gasteiger partial charge in [0, 0.05) is 62.5 Å². The lowest BCUT2D eigenvalue weighted by Gasteiger charge is -2.37. The molecule has 10 heteroatoms. The molecule has 1 N–H and O–H groups in total. The molecular weight excluding hydrogens is 551 g/mol. The summed E-state index contributed by atoms with van der Waals surface area (Å²) >= 11 is 0. The molecule has 0 bridgehead atoms. The molecule has 0 spiro atoms. The monoisotopic (exact) mass is 586 g/mol. The molecule has 1 atom stereocenters. The summed E-state index contributed by atoms with van der Waals surface area (Å²) < 4.78 is 26.7. The molecule has 6 rings (SSSR count). The molecule has 3 aliphatic heterocycles. The molecular formula is C33H35FN4O5. The Hall–Kier alpha value is -4.44. The van der Waals surface area contributed by atoms with Crippen molar-refractivity contribution in [3.63, 3.8) is 0 Å². The van der Waals surface area contributed by atoms with E-state index in [0.29, 0.717) is 43.3 Å². The molecule has 2 saturated heterocycles. The molecule has 9 nitrogen and oxygen atoms in total. The second-order valence-electron chi connectivity index (χ2n) is 11.1. The van der Waals surface area contributed by atoms with Crippen molar-refractivity contribution >= 4 is 23.4 Å². The molecule has 3 amide bonds. The molecule has 0 radical (unpaired) electrons. The smallest absolute Gasteiger partial charge is 0.255 e. The van der Waals surface area contributed by atoms with Gasteiger partial charge < -0.3 is 19.3 Å². The van der Waals surface area contributed by atoms with Gasteiger partial charge in [0.2, 0.25) is 11.8 Å². The highest BCUT2D eigenvalue weighted by Crippen LogP contribution is 2.36. The molecule has 0 aliphatic carbocycles. The molecule has 43 heavy (non-hydrogen) atoms. The van der Waals surface area contributed by atoms with Crippen LogP contribution < -0.4 is 19.7 Å². The lowest BCUT2D eigenvalue weighted by Crippen LogP contribution is -2.52. The quantitative estimate of drug-likeness (QED) is 0.381. The van der Waals surface area contributed by atoms with Crippen molar-refractivity contribution in [2.75, 3.05) is 37.7 Å². The van der Waals surface area contributed by atoms with Crippen molar-refractivity contribution in [2.24, 2.45) is 0 Å². The molecule has 3 heterocycles. The Kier molecular flexibility index (Phi) is 8.29. The number of benzene rings is 3. The molecule has 3 aliphatic rings. The standard InChI is InChI=1S/C33H35FN4O5/c1-2-42-30-16-23(8-10-29(30)43-21-22-6-4-3-5-7-22)19-36-12-14-37(15-13-36)28-18-24(34)17-25-26(28)20-38(33(25)41)27-9-11-31(39)35-32(27)40/h3-8,10,16-18,27H,2,9,11-15,19-21H2,1H3,(H,35,39,40). The van der Waals surface area contributed by atoms with E-state index >= 15 is 0 Å². The van der Waals surface area contributed by atoms with Crippen LogP contribution in [-0.4, -0.2) is 66.3 Å². The highest BCUT2D eigenvalue weighted by Gasteiger charge is 2.41. The number of halogens is 1. The third kappa shape index (κ3) is 6.19. The first-order valence-electron chi connectivity index (χ1n) is 14.8. The van der Waals surface area contributed by atoms with Gasteiger partial charge in [-0.15, -0.1) is 0 Å². The van der Waals surface area contributed by atoms with Gasteiger partial charge in [-0.2, -0.15) is 0 Å². The van der Waals surface area contributed by atoms with Gasteiger partial charge in [0.25, 0.3) is 5.91 Å². The number of ether oxygens (including phenoxy) is 2. The zero-order valence-corrected chi connectivity index (χ0v) is 24.2. The summed E-state index contributed by atoms with van der Waals surface area (Å²) in [6, 6.07) is 18.1. The first-order valence-corrected chi connectivity index (χ1v) is 14.8. The van der Waals surface area contributed by atoms with E-state index in [-0.39, 0.29) is 31.2 Å². The van der Waals surface area contributed by atoms with Crippen LogP contribution in [0.5, 0.6) is 11.5 Å². The zero-order chi connectivity index (χ0) is 29.9. The van der Waals surface area contributed by atoms with Crippen LogP contribution in [-0.2, 0) is 29.3 Å². The Morgan fingerprint density at radius 1 is 0.907 bits per heavy atom. The minimum atomic E-state index is -0.734. The van der Waals surface area contributed by atoms with Crippen molar-refractivity contribution in [2.45, 2.75) is 45.5 Å². The lowest BCUT2D eigenvalue weighted by molar-refractivity contribution is -0.136. The maximum absolute atomic E-state index is 14.7. The van der Waals surface area contributed by atoms with E-state index in [4.69, 9.17) is 9.47 Å². The predicted molar refractivity (Wildman–Crippen MR) is 158 cm³/mol. The van der Waals surface area contributed by atoms with Crippen molar-refractivity contribution in [3.05, 3.63) is 88.7 Å². The second kappa shape index (κ2) is 12.4. The Bertz CT molecular complexity index is 1520. The number of amides is 3. The molecule has 224 valence electrons. The number of rotatable bonds is 9. The molecule has 2 fully saturated rings. The average molecular weight is 587 g/mol. The number of piperazine rings is 1. The zero-order valence-electron chi connectivity index (χ0n) is 24.2. The van der Waals surface area contributed by atoms with Gasteiger partial charge in [0.05, 0.1) is 6.61 Å². The maximum Gasteiger partial charge on any atom is 0.255 e. The number of hydrogen-bond donors (Lipinski definition) is 1. The normalized spacial score (nSPS) is 18.9. The predicted octanol–water partition coefficient (Wildman–Crippen LogP) is 3.89. The number of carbonyl (C=O) groups excluding carboxylic acids is 3. The van der Waals surface area contributed by atoms with Crippen LogP contribution in [0.25, 0.3) is 0 Å². The summed E-state index contributed by atoms with van der Waals surface area (Å²) in [6.45, 7) is 6.74. The summed E-state index contributed by atoms with van der Waals surface area (Å²) in [5.41, 5.74) is 3.92. The largest absolute Gasteiger partial charge is 0.490 e. The van der Waals surface area contributed by atoms with Gasteiger partial charge in [-0.25, -0.2) is 4.39 Å². The topological polar surface area (TPSA) is 91.4 Å². The SMILES string of the molecule is CCOc1cc(CN2CCN(c3cc(F)cc4c3CN(C3CCC(=O)NC3=O)C4=O)CC2)ccc1OCc1ccccc1. The van der Waals surface area contributed by atoms with E-state index in [2.05, 4.69) is 21.2 Å². The van der Waals surface area contributed by atoms with Crippen molar-refractivity contribution in [3.8, 4) is 11.5 Å². The summed E-state index contributed by atoms with van der Waals surface area (Å²) in [6.07, 6.45) is 0.446. The van der Waals surface area contributed by atoms with Crippen LogP contribution in [0, 0.1) is 5.82 Å². The van der Waals surface area contributed by atoms with Gasteiger partial charge in [-0.05, 0) is 48.7 Å². The number of hydrogen-bond acceptors (Lipinski definition) is 7. The fourth-order valence-corrected chi connectivity index (χ4v) is 6.07. The van der Waals surface area contributed by atoms with E-state index in [1.807, 2.05) is 49.4 Å². The molecule has 0 saturated carbocycles. The number of nitrogens with zero attached hydrogens (tertiary/aromatic N) is 3. The third-order valence-electron chi connectivity index (χ3n) is 8.26. The summed E-state index contributed by atoms with van der Waals surface area (Å²) in [7, 11) is 0. The van der Waals surface area contributed by atoms with Crippen LogP contribution in [0.2, 0.25) is 0 Å². The van der Waals surface area contributed by atoms with Crippen molar-refractivity contribution in [1.82, 2.24) is 15.1 Å². The number of nitrogens with one attached hydrogen (secondary N) is 1. The first-order chi connectivity index (χ1) is 20.9. The minimum Gasteiger partial charge on any atom is -0.490 e. The van der Waals surface area contributed by atoms with Gasteiger partial charge >= 0.3 is 0 Å².